The van der Waals surface area contributed by atoms with Crippen LogP contribution in [0.1, 0.15) is 29.3 Å². The van der Waals surface area contributed by atoms with Gasteiger partial charge in [0, 0.05) is 57.2 Å². The fourth-order valence-electron chi connectivity index (χ4n) is 5.11. The van der Waals surface area contributed by atoms with E-state index in [0.29, 0.717) is 13.1 Å². The van der Waals surface area contributed by atoms with Crippen molar-refractivity contribution in [2.75, 3.05) is 24.5 Å². The first-order chi connectivity index (χ1) is 16.1. The summed E-state index contributed by atoms with van der Waals surface area (Å²) in [4.78, 5) is 29.8. The van der Waals surface area contributed by atoms with Gasteiger partial charge in [0.1, 0.15) is 0 Å². The highest BCUT2D eigenvalue weighted by molar-refractivity contribution is 6.00. The quantitative estimate of drug-likeness (QED) is 0.637. The minimum atomic E-state index is -0.325. The zero-order chi connectivity index (χ0) is 22.8. The lowest BCUT2D eigenvalue weighted by molar-refractivity contribution is -0.126. The van der Waals surface area contributed by atoms with E-state index in [1.807, 2.05) is 30.3 Å². The van der Waals surface area contributed by atoms with Gasteiger partial charge in [0.2, 0.25) is 11.8 Å². The number of aryl methyl sites for hydroxylation is 1. The van der Waals surface area contributed by atoms with Gasteiger partial charge in [-0.05, 0) is 41.8 Å². The van der Waals surface area contributed by atoms with E-state index in [4.69, 9.17) is 0 Å². The van der Waals surface area contributed by atoms with Gasteiger partial charge in [-0.2, -0.15) is 0 Å². The summed E-state index contributed by atoms with van der Waals surface area (Å²) in [6, 6.07) is 22.4. The third kappa shape index (κ3) is 4.44. The van der Waals surface area contributed by atoms with Crippen molar-refractivity contribution < 1.29 is 9.59 Å². The van der Waals surface area contributed by atoms with E-state index in [9.17, 15) is 9.59 Å². The number of benzene rings is 2. The van der Waals surface area contributed by atoms with Crippen LogP contribution in [0.15, 0.2) is 72.9 Å². The topological polar surface area (TPSA) is 57.6 Å². The van der Waals surface area contributed by atoms with Crippen LogP contribution >= 0.6 is 0 Å². The summed E-state index contributed by atoms with van der Waals surface area (Å²) >= 11 is 0. The van der Waals surface area contributed by atoms with Gasteiger partial charge in [0.15, 0.2) is 0 Å². The zero-order valence-electron chi connectivity index (χ0n) is 19.0. The van der Waals surface area contributed by atoms with E-state index >= 15 is 0 Å². The molecule has 2 unspecified atom stereocenters. The van der Waals surface area contributed by atoms with Gasteiger partial charge in [-0.25, -0.2) is 0 Å². The number of fused-ring (bicyclic) bond motifs is 1. The molecule has 2 atom stereocenters. The summed E-state index contributed by atoms with van der Waals surface area (Å²) in [5.74, 6) is -0.361. The van der Waals surface area contributed by atoms with Crippen LogP contribution in [0.4, 0.5) is 5.69 Å². The highest BCUT2D eigenvalue weighted by atomic mass is 16.2. The van der Waals surface area contributed by atoms with Crippen molar-refractivity contribution >= 4 is 17.5 Å². The van der Waals surface area contributed by atoms with Crippen molar-refractivity contribution in [3.8, 4) is 0 Å². The second-order valence-electron chi connectivity index (χ2n) is 9.04. The van der Waals surface area contributed by atoms with Crippen LogP contribution in [-0.4, -0.2) is 40.9 Å². The van der Waals surface area contributed by atoms with Gasteiger partial charge in [0.25, 0.3) is 0 Å². The molecule has 3 heterocycles. The van der Waals surface area contributed by atoms with E-state index in [0.717, 1.165) is 25.2 Å². The van der Waals surface area contributed by atoms with Crippen LogP contribution in [0.2, 0.25) is 0 Å². The molecule has 33 heavy (non-hydrogen) atoms. The smallest absolute Gasteiger partial charge is 0.227 e. The first-order valence-corrected chi connectivity index (χ1v) is 11.7. The molecule has 0 radical (unpaired) electrons. The average molecular weight is 443 g/mol. The molecule has 170 valence electrons. The summed E-state index contributed by atoms with van der Waals surface area (Å²) in [5.41, 5.74) is 4.80. The number of carbonyl (C=O) groups excluding carboxylic acids is 2. The molecule has 0 saturated carbocycles. The van der Waals surface area contributed by atoms with Gasteiger partial charge < -0.3 is 14.8 Å². The highest BCUT2D eigenvalue weighted by Crippen LogP contribution is 2.29. The van der Waals surface area contributed by atoms with E-state index in [2.05, 4.69) is 64.4 Å². The number of rotatable bonds is 6. The number of carbonyl (C=O) groups is 2. The highest BCUT2D eigenvalue weighted by Gasteiger charge is 2.36. The molecule has 1 saturated heterocycles. The number of hydrogen-bond donors (Lipinski definition) is 1. The SMILES string of the molecule is Cn1cccc1C(CNC(=O)C1CC(=O)N(c2ccccc2)C1)N1CCc2ccccc2C1. The van der Waals surface area contributed by atoms with Crippen LogP contribution < -0.4 is 10.2 Å². The summed E-state index contributed by atoms with van der Waals surface area (Å²) in [6.07, 6.45) is 3.32. The maximum Gasteiger partial charge on any atom is 0.227 e. The molecular weight excluding hydrogens is 412 g/mol. The first kappa shape index (κ1) is 21.5. The number of hydrogen-bond acceptors (Lipinski definition) is 3. The minimum absolute atomic E-state index is 0.00738. The van der Waals surface area contributed by atoms with Crippen LogP contribution in [-0.2, 0) is 29.6 Å². The number of amides is 2. The molecule has 1 fully saturated rings. The second-order valence-corrected chi connectivity index (χ2v) is 9.04. The standard InChI is InChI=1S/C27H30N4O2/c1-29-14-7-12-24(29)25(30-15-13-20-8-5-6-9-21(20)18-30)17-28-27(33)22-16-26(32)31(19-22)23-10-3-2-4-11-23/h2-12,14,22,25H,13,15-19H2,1H3,(H,28,33). The van der Waals surface area contributed by atoms with E-state index in [-0.39, 0.29) is 30.2 Å². The Bertz CT molecular complexity index is 1140. The summed E-state index contributed by atoms with van der Waals surface area (Å²) in [6.45, 7) is 2.77. The molecule has 0 spiro atoms. The van der Waals surface area contributed by atoms with Gasteiger partial charge >= 0.3 is 0 Å². The predicted octanol–water partition coefficient (Wildman–Crippen LogP) is 3.29. The van der Waals surface area contributed by atoms with Crippen LogP contribution in [0.5, 0.6) is 0 Å². The van der Waals surface area contributed by atoms with E-state index < -0.39 is 0 Å². The van der Waals surface area contributed by atoms with Gasteiger partial charge in [0.05, 0.1) is 12.0 Å². The Kier molecular flexibility index (Phi) is 6.01. The van der Waals surface area contributed by atoms with E-state index in [1.54, 1.807) is 4.90 Å². The Labute approximate surface area is 194 Å². The molecule has 0 bridgehead atoms. The Morgan fingerprint density at radius 3 is 2.55 bits per heavy atom. The van der Waals surface area contributed by atoms with Gasteiger partial charge in [-0.1, -0.05) is 42.5 Å². The molecule has 3 aromatic rings. The first-order valence-electron chi connectivity index (χ1n) is 11.7. The molecule has 2 aromatic carbocycles. The van der Waals surface area contributed by atoms with Crippen molar-refractivity contribution in [1.82, 2.24) is 14.8 Å². The lowest BCUT2D eigenvalue weighted by Gasteiger charge is -2.36. The Balaban J connectivity index is 1.28. The normalized spacial score (nSPS) is 19.4. The lowest BCUT2D eigenvalue weighted by Crippen LogP contribution is -2.43. The minimum Gasteiger partial charge on any atom is -0.354 e. The Morgan fingerprint density at radius 2 is 1.79 bits per heavy atom. The number of nitrogens with zero attached hydrogens (tertiary/aromatic N) is 3. The molecular formula is C27H30N4O2. The average Bonchev–Trinajstić information content (AvgIpc) is 3.45. The third-order valence-electron chi connectivity index (χ3n) is 6.96. The fourth-order valence-corrected chi connectivity index (χ4v) is 5.11. The van der Waals surface area contributed by atoms with Crippen molar-refractivity contribution in [2.24, 2.45) is 13.0 Å². The summed E-state index contributed by atoms with van der Waals surface area (Å²) < 4.78 is 2.13. The van der Waals surface area contributed by atoms with Gasteiger partial charge in [-0.3, -0.25) is 14.5 Å². The maximum atomic E-state index is 13.1. The van der Waals surface area contributed by atoms with Crippen molar-refractivity contribution in [3.63, 3.8) is 0 Å². The molecule has 0 aliphatic carbocycles. The molecule has 6 heteroatoms. The molecule has 6 nitrogen and oxygen atoms in total. The largest absolute Gasteiger partial charge is 0.354 e. The third-order valence-corrected chi connectivity index (χ3v) is 6.96. The monoisotopic (exact) mass is 442 g/mol. The van der Waals surface area contributed by atoms with Crippen molar-refractivity contribution in [2.45, 2.75) is 25.4 Å². The molecule has 1 aromatic heterocycles. The maximum absolute atomic E-state index is 13.1. The van der Waals surface area contributed by atoms with E-state index in [1.165, 1.54) is 16.8 Å². The van der Waals surface area contributed by atoms with Crippen molar-refractivity contribution in [1.29, 1.82) is 0 Å². The number of para-hydroxylation sites is 1. The van der Waals surface area contributed by atoms with Crippen LogP contribution in [0, 0.1) is 5.92 Å². The lowest BCUT2D eigenvalue weighted by atomic mass is 9.97. The molecule has 5 rings (SSSR count). The van der Waals surface area contributed by atoms with Crippen LogP contribution in [0.3, 0.4) is 0 Å². The number of nitrogens with one attached hydrogen (secondary N) is 1. The zero-order valence-corrected chi connectivity index (χ0v) is 19.0. The molecule has 1 N–H and O–H groups in total. The van der Waals surface area contributed by atoms with Crippen LogP contribution in [0.25, 0.3) is 0 Å². The summed E-state index contributed by atoms with van der Waals surface area (Å²) in [7, 11) is 2.05. The fraction of sp³-hybridized carbons (Fsp3) is 0.333. The Morgan fingerprint density at radius 1 is 1.03 bits per heavy atom. The predicted molar refractivity (Wildman–Crippen MR) is 129 cm³/mol. The molecule has 2 aliphatic rings. The second kappa shape index (κ2) is 9.24. The Hall–Kier alpha value is -3.38. The van der Waals surface area contributed by atoms with Gasteiger partial charge in [-0.15, -0.1) is 0 Å². The molecule has 2 amide bonds. The summed E-state index contributed by atoms with van der Waals surface area (Å²) in [5, 5.41) is 3.18. The van der Waals surface area contributed by atoms with Crippen molar-refractivity contribution in [3.05, 3.63) is 89.7 Å². The number of aromatic nitrogens is 1. The molecule has 2 aliphatic heterocycles. The number of anilines is 1.